The second kappa shape index (κ2) is 5.79. The number of aromatic hydroxyl groups is 1. The van der Waals surface area contributed by atoms with Crippen LogP contribution in [0.2, 0.25) is 0 Å². The minimum atomic E-state index is -0.894. The summed E-state index contributed by atoms with van der Waals surface area (Å²) in [5.74, 6) is -1.96. The fraction of sp³-hybridized carbons (Fsp3) is 0.545. The van der Waals surface area contributed by atoms with Crippen LogP contribution in [0, 0.1) is 5.82 Å². The maximum absolute atomic E-state index is 12.8. The lowest BCUT2D eigenvalue weighted by Gasteiger charge is -2.31. The highest BCUT2D eigenvalue weighted by atomic mass is 19.1. The number of nitrogens with zero attached hydrogens (tertiary/aromatic N) is 2. The van der Waals surface area contributed by atoms with E-state index in [-0.39, 0.29) is 18.6 Å². The van der Waals surface area contributed by atoms with Crippen LogP contribution < -0.4 is 5.32 Å². The largest absolute Gasteiger partial charge is 0.491 e. The van der Waals surface area contributed by atoms with Crippen LogP contribution >= 0.6 is 0 Å². The predicted molar refractivity (Wildman–Crippen MR) is 62.1 cm³/mol. The van der Waals surface area contributed by atoms with E-state index in [1.54, 1.807) is 0 Å². The Morgan fingerprint density at radius 2 is 2.47 bits per heavy atom. The van der Waals surface area contributed by atoms with E-state index in [0.717, 1.165) is 6.20 Å². The third-order valence-corrected chi connectivity index (χ3v) is 2.66. The molecule has 0 saturated carbocycles. The quantitative estimate of drug-likeness (QED) is 0.771. The van der Waals surface area contributed by atoms with Gasteiger partial charge in [0.15, 0.2) is 0 Å². The van der Waals surface area contributed by atoms with E-state index in [2.05, 4.69) is 15.3 Å². The molecule has 2 N–H and O–H groups in total. The molecule has 0 bridgehead atoms. The molecule has 0 unspecified atom stereocenters. The Bertz CT molecular complexity index is 471. The summed E-state index contributed by atoms with van der Waals surface area (Å²) in [6, 6.07) is -0.248. The van der Waals surface area contributed by atoms with Gasteiger partial charge in [0.25, 0.3) is 5.88 Å². The van der Waals surface area contributed by atoms with E-state index in [1.165, 1.54) is 6.92 Å². The van der Waals surface area contributed by atoms with Crippen LogP contribution in [0.5, 0.6) is 5.88 Å². The fourth-order valence-corrected chi connectivity index (χ4v) is 1.80. The molecule has 2 rings (SSSR count). The summed E-state index contributed by atoms with van der Waals surface area (Å²) < 4.78 is 23.2. The average molecular weight is 271 g/mol. The highest BCUT2D eigenvalue weighted by molar-refractivity contribution is 5.66. The van der Waals surface area contributed by atoms with Crippen LogP contribution in [0.15, 0.2) is 6.20 Å². The molecule has 2 atom stereocenters. The highest BCUT2D eigenvalue weighted by Crippen LogP contribution is 2.18. The molecule has 1 aliphatic heterocycles. The zero-order valence-electron chi connectivity index (χ0n) is 10.3. The number of carbonyl (C=O) groups is 1. The van der Waals surface area contributed by atoms with Crippen LogP contribution in [0.25, 0.3) is 0 Å². The van der Waals surface area contributed by atoms with Crippen molar-refractivity contribution in [1.82, 2.24) is 9.97 Å². The van der Waals surface area contributed by atoms with Gasteiger partial charge in [-0.2, -0.15) is 9.37 Å². The van der Waals surface area contributed by atoms with Crippen molar-refractivity contribution in [2.45, 2.75) is 25.5 Å². The SMILES string of the molecule is CC(=O)O[C@@H]1COCC[C@H]1Nc1ncc(F)c(O)n1. The van der Waals surface area contributed by atoms with Gasteiger partial charge in [0, 0.05) is 13.5 Å². The van der Waals surface area contributed by atoms with E-state index in [1.807, 2.05) is 0 Å². The topological polar surface area (TPSA) is 93.6 Å². The van der Waals surface area contributed by atoms with Crippen molar-refractivity contribution < 1.29 is 23.8 Å². The molecule has 1 saturated heterocycles. The molecule has 1 aliphatic rings. The van der Waals surface area contributed by atoms with Crippen molar-refractivity contribution in [3.05, 3.63) is 12.0 Å². The van der Waals surface area contributed by atoms with E-state index < -0.39 is 23.8 Å². The molecule has 1 fully saturated rings. The molecule has 0 aliphatic carbocycles. The molecular weight excluding hydrogens is 257 g/mol. The monoisotopic (exact) mass is 271 g/mol. The van der Waals surface area contributed by atoms with E-state index in [9.17, 15) is 9.18 Å². The van der Waals surface area contributed by atoms with Crippen LogP contribution in [-0.4, -0.2) is 46.4 Å². The minimum absolute atomic E-state index is 0.0722. The van der Waals surface area contributed by atoms with Gasteiger partial charge in [-0.15, -0.1) is 0 Å². The summed E-state index contributed by atoms with van der Waals surface area (Å²) in [6.45, 7) is 2.08. The van der Waals surface area contributed by atoms with Gasteiger partial charge >= 0.3 is 5.97 Å². The first kappa shape index (κ1) is 13.5. The molecule has 0 amide bonds. The van der Waals surface area contributed by atoms with Crippen molar-refractivity contribution in [2.24, 2.45) is 0 Å². The smallest absolute Gasteiger partial charge is 0.303 e. The van der Waals surface area contributed by atoms with E-state index in [4.69, 9.17) is 14.6 Å². The molecular formula is C11H14FN3O4. The molecule has 104 valence electrons. The zero-order chi connectivity index (χ0) is 13.8. The number of carbonyl (C=O) groups excluding carboxylic acids is 1. The Morgan fingerprint density at radius 1 is 1.68 bits per heavy atom. The normalized spacial score (nSPS) is 22.8. The number of esters is 1. The van der Waals surface area contributed by atoms with Crippen LogP contribution in [0.4, 0.5) is 10.3 Å². The first-order valence-corrected chi connectivity index (χ1v) is 5.79. The maximum atomic E-state index is 12.8. The van der Waals surface area contributed by atoms with E-state index >= 15 is 0 Å². The molecule has 0 spiro atoms. The number of ether oxygens (including phenoxy) is 2. The summed E-state index contributed by atoms with van der Waals surface area (Å²) in [7, 11) is 0. The molecule has 1 aromatic rings. The second-order valence-electron chi connectivity index (χ2n) is 4.13. The lowest BCUT2D eigenvalue weighted by Crippen LogP contribution is -2.44. The number of halogens is 1. The number of aromatic nitrogens is 2. The molecule has 2 heterocycles. The number of anilines is 1. The number of hydrogen-bond acceptors (Lipinski definition) is 7. The lowest BCUT2D eigenvalue weighted by atomic mass is 10.1. The summed E-state index contributed by atoms with van der Waals surface area (Å²) >= 11 is 0. The van der Waals surface area contributed by atoms with Gasteiger partial charge < -0.3 is 19.9 Å². The first-order valence-electron chi connectivity index (χ1n) is 5.79. The maximum Gasteiger partial charge on any atom is 0.303 e. The van der Waals surface area contributed by atoms with Gasteiger partial charge in [0.2, 0.25) is 11.8 Å². The third kappa shape index (κ3) is 3.50. The van der Waals surface area contributed by atoms with Gasteiger partial charge in [0.05, 0.1) is 18.8 Å². The van der Waals surface area contributed by atoms with Crippen molar-refractivity contribution in [1.29, 1.82) is 0 Å². The molecule has 19 heavy (non-hydrogen) atoms. The number of nitrogens with one attached hydrogen (secondary N) is 1. The number of rotatable bonds is 3. The van der Waals surface area contributed by atoms with Gasteiger partial charge in [-0.1, -0.05) is 0 Å². The molecule has 7 nitrogen and oxygen atoms in total. The van der Waals surface area contributed by atoms with Crippen molar-refractivity contribution in [3.8, 4) is 5.88 Å². The third-order valence-electron chi connectivity index (χ3n) is 2.66. The fourth-order valence-electron chi connectivity index (χ4n) is 1.80. The molecule has 0 radical (unpaired) electrons. The van der Waals surface area contributed by atoms with Crippen LogP contribution in [0.1, 0.15) is 13.3 Å². The van der Waals surface area contributed by atoms with E-state index in [0.29, 0.717) is 13.0 Å². The summed E-state index contributed by atoms with van der Waals surface area (Å²) in [5.41, 5.74) is 0. The van der Waals surface area contributed by atoms with Gasteiger partial charge in [0.1, 0.15) is 6.10 Å². The molecule has 8 heteroatoms. The van der Waals surface area contributed by atoms with Crippen LogP contribution in [0.3, 0.4) is 0 Å². The average Bonchev–Trinajstić information content (AvgIpc) is 2.36. The van der Waals surface area contributed by atoms with Gasteiger partial charge in [-0.05, 0) is 6.42 Å². The second-order valence-corrected chi connectivity index (χ2v) is 4.13. The Hall–Kier alpha value is -1.96. The van der Waals surface area contributed by atoms with Crippen molar-refractivity contribution >= 4 is 11.9 Å². The summed E-state index contributed by atoms with van der Waals surface area (Å²) in [6.07, 6.45) is 0.978. The van der Waals surface area contributed by atoms with Crippen LogP contribution in [-0.2, 0) is 14.3 Å². The molecule has 0 aromatic carbocycles. The Labute approximate surface area is 108 Å². The zero-order valence-corrected chi connectivity index (χ0v) is 10.3. The molecule has 1 aromatic heterocycles. The lowest BCUT2D eigenvalue weighted by molar-refractivity contribution is -0.153. The van der Waals surface area contributed by atoms with Crippen molar-refractivity contribution in [2.75, 3.05) is 18.5 Å². The Balaban J connectivity index is 2.06. The summed E-state index contributed by atoms with van der Waals surface area (Å²) in [4.78, 5) is 18.2. The predicted octanol–water partition coefficient (Wildman–Crippen LogP) is 0.454. The Morgan fingerprint density at radius 3 is 3.16 bits per heavy atom. The summed E-state index contributed by atoms with van der Waals surface area (Å²) in [5, 5.41) is 12.1. The standard InChI is InChI=1S/C11H14FN3O4/c1-6(16)19-9-5-18-3-2-8(9)14-11-13-4-7(12)10(17)15-11/h4,8-9H,2-3,5H2,1H3,(H2,13,14,15,17)/t8-,9-/m1/s1. The van der Waals surface area contributed by atoms with Gasteiger partial charge in [-0.3, -0.25) is 4.79 Å². The van der Waals surface area contributed by atoms with Crippen molar-refractivity contribution in [3.63, 3.8) is 0 Å². The Kier molecular flexibility index (Phi) is 4.10. The number of hydrogen-bond donors (Lipinski definition) is 2. The first-order chi connectivity index (χ1) is 9.06. The highest BCUT2D eigenvalue weighted by Gasteiger charge is 2.29. The minimum Gasteiger partial charge on any atom is -0.491 e. The van der Waals surface area contributed by atoms with Gasteiger partial charge in [-0.25, -0.2) is 4.98 Å².